The molecule has 210 valence electrons. The van der Waals surface area contributed by atoms with E-state index < -0.39 is 23.5 Å². The maximum absolute atomic E-state index is 14.0. The topological polar surface area (TPSA) is 92.6 Å². The summed E-state index contributed by atoms with van der Waals surface area (Å²) < 4.78 is 16.8. The summed E-state index contributed by atoms with van der Waals surface area (Å²) in [6.45, 7) is 3.34. The Hall–Kier alpha value is -4.30. The van der Waals surface area contributed by atoms with E-state index in [4.69, 9.17) is 14.2 Å². The van der Waals surface area contributed by atoms with Crippen LogP contribution in [0.1, 0.15) is 34.7 Å². The number of aryl methyl sites for hydroxylation is 1. The minimum Gasteiger partial charge on any atom is -0.872 e. The molecule has 1 N–H and O–H groups in total. The number of carbonyl (C=O) groups excluding carboxylic acids is 2. The molecule has 1 atom stereocenters. The lowest BCUT2D eigenvalue weighted by atomic mass is 9.93. The molecule has 0 radical (unpaired) electrons. The minimum absolute atomic E-state index is 0.0597. The second-order valence-electron chi connectivity index (χ2n) is 10.1. The number of nitrogens with zero attached hydrogens (tertiary/aromatic N) is 1. The summed E-state index contributed by atoms with van der Waals surface area (Å²) in [4.78, 5) is 29.4. The van der Waals surface area contributed by atoms with Crippen LogP contribution in [0, 0.1) is 6.92 Å². The lowest BCUT2D eigenvalue weighted by Crippen LogP contribution is -3.05. The van der Waals surface area contributed by atoms with Crippen molar-refractivity contribution in [3.05, 3.63) is 94.6 Å². The van der Waals surface area contributed by atoms with Crippen molar-refractivity contribution >= 4 is 17.4 Å². The van der Waals surface area contributed by atoms with Gasteiger partial charge in [-0.3, -0.25) is 9.59 Å². The number of Topliss-reactive ketones (excluding diaryl/α,β-unsaturated/α-hetero) is 1. The van der Waals surface area contributed by atoms with Crippen molar-refractivity contribution in [1.82, 2.24) is 4.90 Å². The number of amides is 1. The van der Waals surface area contributed by atoms with Gasteiger partial charge in [0.05, 0.1) is 40.9 Å². The first kappa shape index (κ1) is 28.7. The van der Waals surface area contributed by atoms with E-state index in [1.807, 2.05) is 44.4 Å². The molecule has 3 aromatic carbocycles. The van der Waals surface area contributed by atoms with Crippen molar-refractivity contribution < 1.29 is 33.8 Å². The summed E-state index contributed by atoms with van der Waals surface area (Å²) in [5.74, 6) is -0.332. The van der Waals surface area contributed by atoms with Crippen molar-refractivity contribution in [1.29, 1.82) is 0 Å². The molecule has 1 fully saturated rings. The van der Waals surface area contributed by atoms with Crippen LogP contribution in [0.2, 0.25) is 0 Å². The highest BCUT2D eigenvalue weighted by Gasteiger charge is 2.44. The first-order valence-corrected chi connectivity index (χ1v) is 13.3. The lowest BCUT2D eigenvalue weighted by Gasteiger charge is -2.28. The molecular formula is C32H36N2O6. The van der Waals surface area contributed by atoms with E-state index in [-0.39, 0.29) is 5.57 Å². The molecule has 0 aliphatic carbocycles. The number of hydrogen-bond acceptors (Lipinski definition) is 6. The normalized spacial score (nSPS) is 16.4. The standard InChI is InChI=1S/C32H36N2O6/c1-21-18-24(40-20-22-10-7-6-8-11-22)13-14-25(21)30(35)28-29(23-12-15-26(38-4)27(19-23)39-5)34(32(37)31(28)36)17-9-16-33(2)3/h6-8,10-15,18-19,29,35H,9,16-17,20H2,1-5H3. The van der Waals surface area contributed by atoms with Gasteiger partial charge in [-0.2, -0.15) is 0 Å². The highest BCUT2D eigenvalue weighted by Crippen LogP contribution is 2.42. The summed E-state index contributed by atoms with van der Waals surface area (Å²) in [5.41, 5.74) is 2.59. The number of ether oxygens (including phenoxy) is 3. The Morgan fingerprint density at radius 1 is 0.950 bits per heavy atom. The van der Waals surface area contributed by atoms with Gasteiger partial charge in [0.1, 0.15) is 12.4 Å². The van der Waals surface area contributed by atoms with Crippen LogP contribution in [-0.2, 0) is 16.2 Å². The van der Waals surface area contributed by atoms with Crippen LogP contribution in [0.4, 0.5) is 0 Å². The number of methoxy groups -OCH3 is 2. The largest absolute Gasteiger partial charge is 0.872 e. The molecule has 1 heterocycles. The van der Waals surface area contributed by atoms with Crippen LogP contribution < -0.4 is 24.2 Å². The molecule has 0 aromatic heterocycles. The zero-order valence-electron chi connectivity index (χ0n) is 23.7. The summed E-state index contributed by atoms with van der Waals surface area (Å²) >= 11 is 0. The number of ketones is 1. The van der Waals surface area contributed by atoms with Crippen LogP contribution in [0.15, 0.2) is 72.3 Å². The first-order chi connectivity index (χ1) is 19.2. The predicted octanol–water partition coefficient (Wildman–Crippen LogP) is 2.35. The Bertz CT molecular complexity index is 1400. The number of likely N-dealkylation sites (tertiary alicyclic amines) is 1. The van der Waals surface area contributed by atoms with Crippen LogP contribution in [0.3, 0.4) is 0 Å². The van der Waals surface area contributed by atoms with E-state index in [0.717, 1.165) is 12.1 Å². The van der Waals surface area contributed by atoms with Crippen LogP contribution in [0.5, 0.6) is 17.2 Å². The molecule has 4 rings (SSSR count). The molecule has 40 heavy (non-hydrogen) atoms. The summed E-state index contributed by atoms with van der Waals surface area (Å²) in [7, 11) is 7.11. The lowest BCUT2D eigenvalue weighted by molar-refractivity contribution is -0.858. The molecule has 1 aliphatic heterocycles. The summed E-state index contributed by atoms with van der Waals surface area (Å²) in [5, 5.41) is 14.0. The Balaban J connectivity index is 1.73. The molecule has 8 nitrogen and oxygen atoms in total. The van der Waals surface area contributed by atoms with E-state index in [9.17, 15) is 14.7 Å². The molecule has 0 saturated carbocycles. The van der Waals surface area contributed by atoms with Crippen molar-refractivity contribution in [2.75, 3.05) is 41.4 Å². The predicted molar refractivity (Wildman–Crippen MR) is 150 cm³/mol. The number of carbonyl (C=O) groups is 2. The third kappa shape index (κ3) is 6.13. The number of benzene rings is 3. The second-order valence-corrected chi connectivity index (χ2v) is 10.1. The zero-order chi connectivity index (χ0) is 28.8. The highest BCUT2D eigenvalue weighted by molar-refractivity contribution is 6.46. The van der Waals surface area contributed by atoms with Gasteiger partial charge in [0.2, 0.25) is 5.78 Å². The maximum atomic E-state index is 14.0. The monoisotopic (exact) mass is 544 g/mol. The van der Waals surface area contributed by atoms with E-state index in [2.05, 4.69) is 0 Å². The quantitative estimate of drug-likeness (QED) is 0.226. The van der Waals surface area contributed by atoms with Crippen molar-refractivity contribution in [3.63, 3.8) is 0 Å². The zero-order valence-corrected chi connectivity index (χ0v) is 23.7. The molecule has 3 aromatic rings. The molecule has 1 amide bonds. The minimum atomic E-state index is -0.835. The van der Waals surface area contributed by atoms with Gasteiger partial charge < -0.3 is 29.1 Å². The molecule has 1 saturated heterocycles. The van der Waals surface area contributed by atoms with Gasteiger partial charge in [0, 0.05) is 18.5 Å². The Kier molecular flexibility index (Phi) is 9.11. The number of hydrogen-bond donors (Lipinski definition) is 1. The van der Waals surface area contributed by atoms with E-state index >= 15 is 0 Å². The fourth-order valence-corrected chi connectivity index (χ4v) is 4.94. The van der Waals surface area contributed by atoms with Crippen LogP contribution in [0.25, 0.3) is 5.76 Å². The van der Waals surface area contributed by atoms with Crippen LogP contribution in [-0.4, -0.2) is 58.0 Å². The molecule has 0 bridgehead atoms. The smallest absolute Gasteiger partial charge is 0.295 e. The molecule has 8 heteroatoms. The van der Waals surface area contributed by atoms with Gasteiger partial charge >= 0.3 is 0 Å². The van der Waals surface area contributed by atoms with Gasteiger partial charge in [-0.05, 0) is 53.4 Å². The SMILES string of the molecule is COc1ccc(C2C(=C([O-])c3ccc(OCc4ccccc4)cc3C)C(=O)C(=O)N2CCC[NH+](C)C)cc1OC. The molecule has 1 aliphatic rings. The van der Waals surface area contributed by atoms with Crippen LogP contribution >= 0.6 is 0 Å². The number of nitrogens with one attached hydrogen (secondary N) is 1. The van der Waals surface area contributed by atoms with E-state index in [0.29, 0.717) is 53.5 Å². The average Bonchev–Trinajstić information content (AvgIpc) is 3.21. The number of rotatable bonds is 11. The summed E-state index contributed by atoms with van der Waals surface area (Å²) in [6.07, 6.45) is 0.680. The second kappa shape index (κ2) is 12.7. The van der Waals surface area contributed by atoms with E-state index in [1.54, 1.807) is 43.3 Å². The molecular weight excluding hydrogens is 508 g/mol. The Morgan fingerprint density at radius 3 is 2.33 bits per heavy atom. The van der Waals surface area contributed by atoms with Gasteiger partial charge in [-0.1, -0.05) is 48.2 Å². The maximum Gasteiger partial charge on any atom is 0.295 e. The fraction of sp³-hybridized carbons (Fsp3) is 0.312. The van der Waals surface area contributed by atoms with Gasteiger partial charge in [0.25, 0.3) is 5.91 Å². The number of quaternary nitrogens is 1. The third-order valence-electron chi connectivity index (χ3n) is 7.02. The molecule has 1 unspecified atom stereocenters. The van der Waals surface area contributed by atoms with Crippen molar-refractivity contribution in [3.8, 4) is 17.2 Å². The molecule has 0 spiro atoms. The van der Waals surface area contributed by atoms with Crippen molar-refractivity contribution in [2.45, 2.75) is 26.0 Å². The highest BCUT2D eigenvalue weighted by atomic mass is 16.5. The first-order valence-electron chi connectivity index (χ1n) is 13.3. The fourth-order valence-electron chi connectivity index (χ4n) is 4.94. The van der Waals surface area contributed by atoms with Gasteiger partial charge in [-0.15, -0.1) is 0 Å². The van der Waals surface area contributed by atoms with Gasteiger partial charge in [-0.25, -0.2) is 0 Å². The van der Waals surface area contributed by atoms with Gasteiger partial charge in [0.15, 0.2) is 11.5 Å². The summed E-state index contributed by atoms with van der Waals surface area (Å²) in [6, 6.07) is 19.3. The van der Waals surface area contributed by atoms with E-state index in [1.165, 1.54) is 24.0 Å². The average molecular weight is 545 g/mol. The van der Waals surface area contributed by atoms with Crippen molar-refractivity contribution in [2.24, 2.45) is 0 Å². The Morgan fingerprint density at radius 2 is 1.68 bits per heavy atom. The Labute approximate surface area is 235 Å². The third-order valence-corrected chi connectivity index (χ3v) is 7.02.